The maximum Gasteiger partial charge on any atom is 0.328 e. The van der Waals surface area contributed by atoms with E-state index in [1.54, 1.807) is 13.8 Å². The zero-order chi connectivity index (χ0) is 17.7. The standard InChI is InChI=1S/C15H25NO7/c1-4-22-14(19)10-9-11(15(20)23-5-2)16-12(17)7-6-8-13(18)21-3/h11H,4-10H2,1-3H3,(H,16,17)/t11-/m1/s1. The first-order valence-corrected chi connectivity index (χ1v) is 7.62. The number of methoxy groups -OCH3 is 1. The molecule has 0 saturated heterocycles. The molecular formula is C15H25NO7. The van der Waals surface area contributed by atoms with E-state index in [-0.39, 0.29) is 38.9 Å². The molecule has 0 aromatic rings. The average Bonchev–Trinajstić information content (AvgIpc) is 2.51. The molecule has 0 aliphatic rings. The Bertz CT molecular complexity index is 409. The number of hydrogen-bond acceptors (Lipinski definition) is 7. The van der Waals surface area contributed by atoms with E-state index in [0.717, 1.165) is 0 Å². The summed E-state index contributed by atoms with van der Waals surface area (Å²) in [7, 11) is 1.27. The summed E-state index contributed by atoms with van der Waals surface area (Å²) in [6.07, 6.45) is 0.604. The topological polar surface area (TPSA) is 108 Å². The highest BCUT2D eigenvalue weighted by Crippen LogP contribution is 2.04. The first-order chi connectivity index (χ1) is 10.9. The Kier molecular flexibility index (Phi) is 11.3. The zero-order valence-corrected chi connectivity index (χ0v) is 13.9. The molecule has 1 amide bonds. The monoisotopic (exact) mass is 331 g/mol. The van der Waals surface area contributed by atoms with Crippen LogP contribution in [0.25, 0.3) is 0 Å². The van der Waals surface area contributed by atoms with Gasteiger partial charge in [0.1, 0.15) is 6.04 Å². The Balaban J connectivity index is 4.38. The van der Waals surface area contributed by atoms with Crippen molar-refractivity contribution < 1.29 is 33.4 Å². The Labute approximate surface area is 135 Å². The van der Waals surface area contributed by atoms with Crippen molar-refractivity contribution in [3.8, 4) is 0 Å². The summed E-state index contributed by atoms with van der Waals surface area (Å²) in [5.41, 5.74) is 0. The molecule has 8 nitrogen and oxygen atoms in total. The van der Waals surface area contributed by atoms with Crippen molar-refractivity contribution in [1.29, 1.82) is 0 Å². The summed E-state index contributed by atoms with van der Waals surface area (Å²) in [6, 6.07) is -0.912. The number of nitrogens with one attached hydrogen (secondary N) is 1. The maximum atomic E-state index is 11.8. The molecule has 0 radical (unpaired) electrons. The highest BCUT2D eigenvalue weighted by atomic mass is 16.5. The number of carbonyl (C=O) groups is 4. The molecule has 8 heteroatoms. The van der Waals surface area contributed by atoms with Crippen LogP contribution in [0, 0.1) is 0 Å². The fourth-order valence-corrected chi connectivity index (χ4v) is 1.75. The van der Waals surface area contributed by atoms with E-state index >= 15 is 0 Å². The van der Waals surface area contributed by atoms with Crippen LogP contribution in [0.4, 0.5) is 0 Å². The van der Waals surface area contributed by atoms with Crippen LogP contribution < -0.4 is 5.32 Å². The van der Waals surface area contributed by atoms with Gasteiger partial charge in [-0.25, -0.2) is 4.79 Å². The van der Waals surface area contributed by atoms with Crippen molar-refractivity contribution >= 4 is 23.8 Å². The molecule has 0 heterocycles. The zero-order valence-electron chi connectivity index (χ0n) is 13.9. The first-order valence-electron chi connectivity index (χ1n) is 7.62. The van der Waals surface area contributed by atoms with E-state index in [0.29, 0.717) is 6.42 Å². The smallest absolute Gasteiger partial charge is 0.328 e. The van der Waals surface area contributed by atoms with Gasteiger partial charge in [0.15, 0.2) is 0 Å². The first kappa shape index (κ1) is 20.9. The summed E-state index contributed by atoms with van der Waals surface area (Å²) in [5.74, 6) is -1.84. The lowest BCUT2D eigenvalue weighted by atomic mass is 10.1. The largest absolute Gasteiger partial charge is 0.469 e. The molecule has 0 fully saturated rings. The lowest BCUT2D eigenvalue weighted by molar-refractivity contribution is -0.149. The van der Waals surface area contributed by atoms with E-state index in [4.69, 9.17) is 9.47 Å². The third-order valence-electron chi connectivity index (χ3n) is 2.86. The fourth-order valence-electron chi connectivity index (χ4n) is 1.75. The second kappa shape index (κ2) is 12.4. The molecule has 1 atom stereocenters. The minimum atomic E-state index is -0.912. The van der Waals surface area contributed by atoms with Gasteiger partial charge in [-0.1, -0.05) is 0 Å². The Hall–Kier alpha value is -2.12. The van der Waals surface area contributed by atoms with E-state index in [1.165, 1.54) is 7.11 Å². The van der Waals surface area contributed by atoms with Crippen LogP contribution in [0.5, 0.6) is 0 Å². The van der Waals surface area contributed by atoms with Gasteiger partial charge in [-0.2, -0.15) is 0 Å². The Morgan fingerprint density at radius 3 is 2.13 bits per heavy atom. The average molecular weight is 331 g/mol. The van der Waals surface area contributed by atoms with Gasteiger partial charge in [0.25, 0.3) is 0 Å². The Morgan fingerprint density at radius 2 is 1.57 bits per heavy atom. The summed E-state index contributed by atoms with van der Waals surface area (Å²) in [4.78, 5) is 46.0. The lowest BCUT2D eigenvalue weighted by Crippen LogP contribution is -2.42. The second-order valence-corrected chi connectivity index (χ2v) is 4.65. The van der Waals surface area contributed by atoms with Gasteiger partial charge in [-0.3, -0.25) is 14.4 Å². The quantitative estimate of drug-likeness (QED) is 0.439. The predicted molar refractivity (Wildman–Crippen MR) is 80.3 cm³/mol. The molecule has 23 heavy (non-hydrogen) atoms. The molecule has 0 spiro atoms. The molecule has 0 aliphatic carbocycles. The van der Waals surface area contributed by atoms with Gasteiger partial charge in [-0.05, 0) is 26.7 Å². The van der Waals surface area contributed by atoms with Crippen molar-refractivity contribution in [3.63, 3.8) is 0 Å². The van der Waals surface area contributed by atoms with Crippen molar-refractivity contribution in [1.82, 2.24) is 5.32 Å². The third-order valence-corrected chi connectivity index (χ3v) is 2.86. The van der Waals surface area contributed by atoms with Crippen molar-refractivity contribution in [2.45, 2.75) is 52.0 Å². The highest BCUT2D eigenvalue weighted by molar-refractivity contribution is 5.85. The predicted octanol–water partition coefficient (Wildman–Crippen LogP) is 0.721. The van der Waals surface area contributed by atoms with Gasteiger partial charge >= 0.3 is 17.9 Å². The van der Waals surface area contributed by atoms with Crippen molar-refractivity contribution in [2.24, 2.45) is 0 Å². The molecule has 0 rings (SSSR count). The third kappa shape index (κ3) is 10.3. The Morgan fingerprint density at radius 1 is 0.913 bits per heavy atom. The molecular weight excluding hydrogens is 306 g/mol. The number of rotatable bonds is 11. The van der Waals surface area contributed by atoms with Crippen LogP contribution in [-0.4, -0.2) is 50.2 Å². The van der Waals surface area contributed by atoms with Crippen LogP contribution >= 0.6 is 0 Å². The lowest BCUT2D eigenvalue weighted by Gasteiger charge is -2.17. The number of hydrogen-bond donors (Lipinski definition) is 1. The number of esters is 3. The van der Waals surface area contributed by atoms with Gasteiger partial charge in [0.05, 0.1) is 20.3 Å². The summed E-state index contributed by atoms with van der Waals surface area (Å²) in [6.45, 7) is 3.76. The molecule has 0 aromatic carbocycles. The van der Waals surface area contributed by atoms with Crippen LogP contribution in [0.3, 0.4) is 0 Å². The minimum Gasteiger partial charge on any atom is -0.469 e. The van der Waals surface area contributed by atoms with Crippen LogP contribution in [0.15, 0.2) is 0 Å². The number of ether oxygens (including phenoxy) is 3. The minimum absolute atomic E-state index is 0.000237. The molecule has 1 N–H and O–H groups in total. The number of carbonyl (C=O) groups excluding carboxylic acids is 4. The van der Waals surface area contributed by atoms with Gasteiger partial charge < -0.3 is 19.5 Å². The van der Waals surface area contributed by atoms with Crippen molar-refractivity contribution in [3.05, 3.63) is 0 Å². The van der Waals surface area contributed by atoms with E-state index in [2.05, 4.69) is 10.1 Å². The molecule has 132 valence electrons. The summed E-state index contributed by atoms with van der Waals surface area (Å²) in [5, 5.41) is 2.52. The SMILES string of the molecule is CCOC(=O)CC[C@@H](NC(=O)CCCC(=O)OC)C(=O)OCC. The van der Waals surface area contributed by atoms with Gasteiger partial charge in [-0.15, -0.1) is 0 Å². The summed E-state index contributed by atoms with van der Waals surface area (Å²) < 4.78 is 14.1. The van der Waals surface area contributed by atoms with Crippen molar-refractivity contribution in [2.75, 3.05) is 20.3 Å². The molecule has 0 bridgehead atoms. The van der Waals surface area contributed by atoms with E-state index in [9.17, 15) is 19.2 Å². The molecule has 0 aliphatic heterocycles. The van der Waals surface area contributed by atoms with Crippen LogP contribution in [0.2, 0.25) is 0 Å². The highest BCUT2D eigenvalue weighted by Gasteiger charge is 2.23. The van der Waals surface area contributed by atoms with E-state index < -0.39 is 29.9 Å². The van der Waals surface area contributed by atoms with Gasteiger partial charge in [0.2, 0.25) is 5.91 Å². The second-order valence-electron chi connectivity index (χ2n) is 4.65. The number of amides is 1. The molecule has 0 aromatic heterocycles. The fraction of sp³-hybridized carbons (Fsp3) is 0.733. The van der Waals surface area contributed by atoms with Gasteiger partial charge in [0, 0.05) is 19.3 Å². The maximum absolute atomic E-state index is 11.8. The molecule has 0 unspecified atom stereocenters. The van der Waals surface area contributed by atoms with E-state index in [1.807, 2.05) is 0 Å². The molecule has 0 saturated carbocycles. The van der Waals surface area contributed by atoms with Crippen LogP contribution in [0.1, 0.15) is 46.0 Å². The summed E-state index contributed by atoms with van der Waals surface area (Å²) >= 11 is 0. The normalized spacial score (nSPS) is 11.3. The van der Waals surface area contributed by atoms with Crippen LogP contribution in [-0.2, 0) is 33.4 Å².